The molecule has 2 N–H and O–H groups in total. The third-order valence-electron chi connectivity index (χ3n) is 8.55. The van der Waals surface area contributed by atoms with Gasteiger partial charge >= 0.3 is 5.97 Å². The van der Waals surface area contributed by atoms with Crippen LogP contribution in [0.2, 0.25) is 0 Å². The monoisotopic (exact) mass is 550 g/mol. The summed E-state index contributed by atoms with van der Waals surface area (Å²) < 4.78 is 5.99. The molecular weight excluding hydrogens is 504 g/mol. The van der Waals surface area contributed by atoms with Crippen LogP contribution in [-0.2, 0) is 15.8 Å². The minimum Gasteiger partial charge on any atom is -0.493 e. The summed E-state index contributed by atoms with van der Waals surface area (Å²) in [7, 11) is 0. The molecule has 5 heteroatoms. The van der Waals surface area contributed by atoms with Crippen molar-refractivity contribution in [1.29, 1.82) is 0 Å². The Morgan fingerprint density at radius 3 is 1.97 bits per heavy atom. The van der Waals surface area contributed by atoms with Gasteiger partial charge in [-0.25, -0.2) is 0 Å². The second kappa shape index (κ2) is 13.1. The zero-order chi connectivity index (χ0) is 28.8. The number of hydrogen-bond acceptors (Lipinski definition) is 4. The average Bonchev–Trinajstić information content (AvgIpc) is 3.31. The summed E-state index contributed by atoms with van der Waals surface area (Å²) in [5, 5.41) is 19.9. The van der Waals surface area contributed by atoms with Crippen LogP contribution >= 0.6 is 11.3 Å². The summed E-state index contributed by atoms with van der Waals surface area (Å²) >= 11 is 1.73. The molecule has 1 aromatic heterocycles. The van der Waals surface area contributed by atoms with E-state index in [0.29, 0.717) is 25.9 Å². The molecule has 39 heavy (non-hydrogen) atoms. The Hall–Kier alpha value is -2.63. The molecule has 0 spiro atoms. The Morgan fingerprint density at radius 2 is 1.44 bits per heavy atom. The number of aliphatic hydroxyl groups is 1. The van der Waals surface area contributed by atoms with Gasteiger partial charge in [-0.1, -0.05) is 58.0 Å². The highest BCUT2D eigenvalue weighted by molar-refractivity contribution is 7.15. The molecule has 3 rings (SSSR count). The van der Waals surface area contributed by atoms with Crippen LogP contribution < -0.4 is 4.74 Å². The van der Waals surface area contributed by atoms with Gasteiger partial charge in [0, 0.05) is 21.6 Å². The Labute approximate surface area is 239 Å². The van der Waals surface area contributed by atoms with Gasteiger partial charge in [-0.15, -0.1) is 11.3 Å². The molecular formula is C34H46O4S. The Kier molecular flexibility index (Phi) is 10.4. The van der Waals surface area contributed by atoms with Crippen molar-refractivity contribution in [2.24, 2.45) is 0 Å². The van der Waals surface area contributed by atoms with Crippen LogP contribution in [0.5, 0.6) is 5.75 Å². The van der Waals surface area contributed by atoms with E-state index in [4.69, 9.17) is 9.84 Å². The minimum absolute atomic E-state index is 0.103. The number of carboxylic acids is 1. The summed E-state index contributed by atoms with van der Waals surface area (Å²) in [6, 6.07) is 15.6. The number of benzene rings is 2. The first-order valence-electron chi connectivity index (χ1n) is 14.5. The Bertz CT molecular complexity index is 1260. The van der Waals surface area contributed by atoms with Crippen LogP contribution in [0.25, 0.3) is 10.4 Å². The number of aryl methyl sites for hydroxylation is 3. The summed E-state index contributed by atoms with van der Waals surface area (Å²) in [6.07, 6.45) is 4.94. The van der Waals surface area contributed by atoms with E-state index in [0.717, 1.165) is 35.5 Å². The van der Waals surface area contributed by atoms with E-state index >= 15 is 0 Å². The van der Waals surface area contributed by atoms with E-state index in [1.807, 2.05) is 0 Å². The zero-order valence-corrected chi connectivity index (χ0v) is 25.6. The lowest BCUT2D eigenvalue weighted by atomic mass is 9.70. The molecule has 4 nitrogen and oxygen atoms in total. The number of thiophene rings is 1. The highest BCUT2D eigenvalue weighted by Crippen LogP contribution is 2.44. The second-order valence-corrected chi connectivity index (χ2v) is 11.9. The number of ether oxygens (including phenoxy) is 1. The van der Waals surface area contributed by atoms with Crippen molar-refractivity contribution in [1.82, 2.24) is 0 Å². The van der Waals surface area contributed by atoms with Gasteiger partial charge in [0.1, 0.15) is 5.75 Å². The van der Waals surface area contributed by atoms with Crippen molar-refractivity contribution in [2.45, 2.75) is 104 Å². The zero-order valence-electron chi connectivity index (χ0n) is 24.8. The van der Waals surface area contributed by atoms with E-state index in [2.05, 4.69) is 90.9 Å². The fourth-order valence-electron chi connectivity index (χ4n) is 5.70. The average molecular weight is 551 g/mol. The maximum Gasteiger partial charge on any atom is 0.303 e. The van der Waals surface area contributed by atoms with Crippen molar-refractivity contribution in [3.63, 3.8) is 0 Å². The minimum atomic E-state index is -0.760. The van der Waals surface area contributed by atoms with E-state index in [9.17, 15) is 9.90 Å². The topological polar surface area (TPSA) is 66.8 Å². The van der Waals surface area contributed by atoms with Gasteiger partial charge in [0.2, 0.25) is 0 Å². The van der Waals surface area contributed by atoms with Gasteiger partial charge in [-0.2, -0.15) is 0 Å². The normalized spacial score (nSPS) is 12.1. The van der Waals surface area contributed by atoms with Gasteiger partial charge in [0.15, 0.2) is 0 Å². The number of carbonyl (C=O) groups is 1. The molecule has 0 aliphatic carbocycles. The standard InChI is InChI=1S/C34H46O4S/c1-8-33(9-2,27-16-18-29(24(6)21-27)38-19-13-12-14-31(35)36)26-15-17-28(23(5)20-26)32-25(7)22-30(39-32)34(37,10-3)11-4/h15-18,20-22,37H,8-14,19H2,1-7H3,(H,35,36). The molecule has 0 atom stereocenters. The van der Waals surface area contributed by atoms with Crippen LogP contribution in [0, 0.1) is 20.8 Å². The third kappa shape index (κ3) is 6.58. The third-order valence-corrected chi connectivity index (χ3v) is 10.0. The predicted molar refractivity (Wildman–Crippen MR) is 163 cm³/mol. The lowest BCUT2D eigenvalue weighted by molar-refractivity contribution is -0.137. The summed E-state index contributed by atoms with van der Waals surface area (Å²) in [5.41, 5.74) is 6.58. The summed E-state index contributed by atoms with van der Waals surface area (Å²) in [5.74, 6) is 0.106. The van der Waals surface area contributed by atoms with E-state index < -0.39 is 11.6 Å². The molecule has 0 saturated heterocycles. The maximum atomic E-state index is 11.1. The van der Waals surface area contributed by atoms with Crippen molar-refractivity contribution in [3.05, 3.63) is 75.2 Å². The molecule has 0 fully saturated rings. The van der Waals surface area contributed by atoms with Crippen LogP contribution in [0.3, 0.4) is 0 Å². The highest BCUT2D eigenvalue weighted by atomic mass is 32.1. The largest absolute Gasteiger partial charge is 0.493 e. The van der Waals surface area contributed by atoms with Gasteiger partial charge in [0.25, 0.3) is 0 Å². The maximum absolute atomic E-state index is 11.1. The van der Waals surface area contributed by atoms with E-state index in [-0.39, 0.29) is 11.8 Å². The molecule has 0 bridgehead atoms. The number of carboxylic acid groups (broad SMARTS) is 1. The predicted octanol–water partition coefficient (Wildman–Crippen LogP) is 9.09. The lowest BCUT2D eigenvalue weighted by Gasteiger charge is -2.34. The van der Waals surface area contributed by atoms with Crippen LogP contribution in [0.15, 0.2) is 42.5 Å². The number of unbranched alkanes of at least 4 members (excludes halogenated alkanes) is 1. The van der Waals surface area contributed by atoms with Crippen LogP contribution in [0.1, 0.15) is 105 Å². The molecule has 2 aromatic carbocycles. The van der Waals surface area contributed by atoms with Crippen molar-refractivity contribution < 1.29 is 19.7 Å². The summed E-state index contributed by atoms with van der Waals surface area (Å²) in [6.45, 7) is 15.6. The smallest absolute Gasteiger partial charge is 0.303 e. The van der Waals surface area contributed by atoms with Crippen molar-refractivity contribution in [3.8, 4) is 16.2 Å². The fraction of sp³-hybridized carbons (Fsp3) is 0.500. The Balaban J connectivity index is 1.90. The second-order valence-electron chi connectivity index (χ2n) is 10.9. The first-order chi connectivity index (χ1) is 18.5. The van der Waals surface area contributed by atoms with Crippen molar-refractivity contribution in [2.75, 3.05) is 6.61 Å². The van der Waals surface area contributed by atoms with Crippen molar-refractivity contribution >= 4 is 17.3 Å². The molecule has 0 amide bonds. The van der Waals surface area contributed by atoms with Crippen LogP contribution in [0.4, 0.5) is 0 Å². The van der Waals surface area contributed by atoms with Gasteiger partial charge in [-0.05, 0) is 105 Å². The molecule has 0 aliphatic rings. The SMILES string of the molecule is CCC(O)(CC)c1cc(C)c(-c2ccc(C(CC)(CC)c3ccc(OCCCCC(=O)O)c(C)c3)cc2C)s1. The van der Waals surface area contributed by atoms with Gasteiger partial charge in [0.05, 0.1) is 12.2 Å². The summed E-state index contributed by atoms with van der Waals surface area (Å²) in [4.78, 5) is 13.0. The van der Waals surface area contributed by atoms with E-state index in [1.165, 1.54) is 32.7 Å². The van der Waals surface area contributed by atoms with Gasteiger partial charge in [-0.3, -0.25) is 4.79 Å². The fourth-order valence-corrected chi connectivity index (χ4v) is 7.19. The van der Waals surface area contributed by atoms with E-state index in [1.54, 1.807) is 11.3 Å². The molecule has 0 saturated carbocycles. The highest BCUT2D eigenvalue weighted by Gasteiger charge is 2.32. The number of rotatable bonds is 14. The first kappa shape index (κ1) is 30.9. The number of aliphatic carboxylic acids is 1. The van der Waals surface area contributed by atoms with Gasteiger partial charge < -0.3 is 14.9 Å². The number of hydrogen-bond donors (Lipinski definition) is 2. The molecule has 0 radical (unpaired) electrons. The molecule has 0 aliphatic heterocycles. The first-order valence-corrected chi connectivity index (χ1v) is 15.3. The molecule has 1 heterocycles. The molecule has 0 unspecified atom stereocenters. The molecule has 3 aromatic rings. The molecule has 212 valence electrons. The van der Waals surface area contributed by atoms with Crippen LogP contribution in [-0.4, -0.2) is 22.8 Å². The quantitative estimate of drug-likeness (QED) is 0.196. The Morgan fingerprint density at radius 1 is 0.821 bits per heavy atom. The lowest BCUT2D eigenvalue weighted by Crippen LogP contribution is -2.26.